The fraction of sp³-hybridized carbons (Fsp3) is 0.750. The average molecular weight is 322 g/mol. The molecule has 1 aliphatic rings. The Kier molecular flexibility index (Phi) is 8.60. The van der Waals surface area contributed by atoms with Crippen molar-refractivity contribution < 1.29 is 14.3 Å². The van der Waals surface area contributed by atoms with E-state index in [9.17, 15) is 4.79 Å². The van der Waals surface area contributed by atoms with E-state index in [0.29, 0.717) is 18.3 Å². The van der Waals surface area contributed by atoms with Gasteiger partial charge in [-0.05, 0) is 49.5 Å². The predicted molar refractivity (Wildman–Crippen MR) is 95.2 cm³/mol. The van der Waals surface area contributed by atoms with Gasteiger partial charge >= 0.3 is 5.97 Å². The minimum absolute atomic E-state index is 0.0760. The molecule has 132 valence electrons. The molecule has 0 spiro atoms. The first-order valence-corrected chi connectivity index (χ1v) is 8.94. The van der Waals surface area contributed by atoms with E-state index >= 15 is 0 Å². The molecule has 0 aliphatic carbocycles. The molecule has 0 unspecified atom stereocenters. The minimum atomic E-state index is -0.128. The molecule has 1 aliphatic heterocycles. The first-order valence-electron chi connectivity index (χ1n) is 8.94. The van der Waals surface area contributed by atoms with Gasteiger partial charge < -0.3 is 9.47 Å². The largest absolute Gasteiger partial charge is 0.458 e. The topological polar surface area (TPSA) is 35.5 Å². The first-order chi connectivity index (χ1) is 10.9. The lowest BCUT2D eigenvalue weighted by Crippen LogP contribution is -2.27. The minimum Gasteiger partial charge on any atom is -0.458 e. The molecule has 0 N–H and O–H groups in total. The van der Waals surface area contributed by atoms with Crippen molar-refractivity contribution in [3.05, 3.63) is 23.8 Å². The average Bonchev–Trinajstić information content (AvgIpc) is 2.50. The van der Waals surface area contributed by atoms with Crippen molar-refractivity contribution in [1.29, 1.82) is 0 Å². The lowest BCUT2D eigenvalue weighted by Gasteiger charge is -2.27. The lowest BCUT2D eigenvalue weighted by molar-refractivity contribution is -0.149. The van der Waals surface area contributed by atoms with Crippen LogP contribution in [0.4, 0.5) is 0 Å². The summed E-state index contributed by atoms with van der Waals surface area (Å²) in [6.45, 7) is 10.7. The summed E-state index contributed by atoms with van der Waals surface area (Å²) in [7, 11) is 1.77. The van der Waals surface area contributed by atoms with Crippen LogP contribution < -0.4 is 0 Å². The summed E-state index contributed by atoms with van der Waals surface area (Å²) in [6.07, 6.45) is 9.97. The monoisotopic (exact) mass is 322 g/mol. The molecule has 23 heavy (non-hydrogen) atoms. The third kappa shape index (κ3) is 6.50. The van der Waals surface area contributed by atoms with Gasteiger partial charge in [-0.3, -0.25) is 4.79 Å². The molecule has 0 bridgehead atoms. The normalized spacial score (nSPS) is 35.1. The zero-order valence-electron chi connectivity index (χ0n) is 15.7. The SMILES string of the molecule is CO[C@H]1/C=C/CCCCC(=O)O[C@@H](C(C)C)/C(C)=C\[C@@H](C)[C@@H]1C. The summed E-state index contributed by atoms with van der Waals surface area (Å²) in [4.78, 5) is 12.1. The Labute approximate surface area is 142 Å². The molecule has 3 nitrogen and oxygen atoms in total. The fourth-order valence-corrected chi connectivity index (χ4v) is 3.15. The molecular formula is C20H34O3. The van der Waals surface area contributed by atoms with Crippen molar-refractivity contribution in [2.24, 2.45) is 17.8 Å². The van der Waals surface area contributed by atoms with Gasteiger partial charge in [0.2, 0.25) is 0 Å². The molecule has 1 heterocycles. The molecule has 0 fully saturated rings. The molecule has 0 radical (unpaired) electrons. The molecule has 0 aromatic heterocycles. The Hall–Kier alpha value is -1.09. The zero-order chi connectivity index (χ0) is 17.4. The van der Waals surface area contributed by atoms with E-state index in [4.69, 9.17) is 9.47 Å². The van der Waals surface area contributed by atoms with Crippen LogP contribution in [0.15, 0.2) is 23.8 Å². The molecule has 3 heteroatoms. The van der Waals surface area contributed by atoms with Crippen LogP contribution in [-0.4, -0.2) is 25.3 Å². The van der Waals surface area contributed by atoms with E-state index in [0.717, 1.165) is 24.8 Å². The molecule has 4 atom stereocenters. The van der Waals surface area contributed by atoms with Crippen molar-refractivity contribution >= 4 is 5.97 Å². The maximum absolute atomic E-state index is 12.1. The van der Waals surface area contributed by atoms with Crippen LogP contribution in [0.2, 0.25) is 0 Å². The third-order valence-electron chi connectivity index (χ3n) is 4.79. The molecule has 1 rings (SSSR count). The zero-order valence-corrected chi connectivity index (χ0v) is 15.7. The van der Waals surface area contributed by atoms with Crippen molar-refractivity contribution in [3.63, 3.8) is 0 Å². The number of hydrogen-bond donors (Lipinski definition) is 0. The van der Waals surface area contributed by atoms with Crippen LogP contribution in [0.1, 0.15) is 60.3 Å². The first kappa shape index (κ1) is 20.0. The van der Waals surface area contributed by atoms with Gasteiger partial charge in [-0.25, -0.2) is 0 Å². The highest BCUT2D eigenvalue weighted by atomic mass is 16.5. The van der Waals surface area contributed by atoms with Crippen LogP contribution in [0.3, 0.4) is 0 Å². The van der Waals surface area contributed by atoms with Crippen LogP contribution in [0.5, 0.6) is 0 Å². The highest BCUT2D eigenvalue weighted by molar-refractivity contribution is 5.69. The van der Waals surface area contributed by atoms with Crippen LogP contribution in [-0.2, 0) is 14.3 Å². The maximum Gasteiger partial charge on any atom is 0.306 e. The number of cyclic esters (lactones) is 1. The van der Waals surface area contributed by atoms with Gasteiger partial charge in [0.15, 0.2) is 0 Å². The second-order valence-corrected chi connectivity index (χ2v) is 7.16. The molecule has 0 aromatic rings. The summed E-state index contributed by atoms with van der Waals surface area (Å²) >= 11 is 0. The van der Waals surface area contributed by atoms with Crippen molar-refractivity contribution in [3.8, 4) is 0 Å². The maximum atomic E-state index is 12.1. The van der Waals surface area contributed by atoms with E-state index in [1.54, 1.807) is 7.11 Å². The number of ether oxygens (including phenoxy) is 2. The highest BCUT2D eigenvalue weighted by Crippen LogP contribution is 2.25. The Morgan fingerprint density at radius 3 is 2.57 bits per heavy atom. The van der Waals surface area contributed by atoms with Gasteiger partial charge in [0.05, 0.1) is 6.10 Å². The Bertz CT molecular complexity index is 423. The summed E-state index contributed by atoms with van der Waals surface area (Å²) in [5, 5.41) is 0. The van der Waals surface area contributed by atoms with Crippen LogP contribution in [0.25, 0.3) is 0 Å². The number of methoxy groups -OCH3 is 1. The highest BCUT2D eigenvalue weighted by Gasteiger charge is 2.24. The standard InChI is InChI=1S/C20H34O3/c1-14(2)20-16(4)13-15(3)17(5)18(22-6)11-9-7-8-10-12-19(21)23-20/h9,11,13-15,17-18,20H,7-8,10,12H2,1-6H3/b11-9+,16-13-/t15-,17+,18+,20+/m1/s1. The van der Waals surface area contributed by atoms with Gasteiger partial charge in [0, 0.05) is 13.5 Å². The summed E-state index contributed by atoms with van der Waals surface area (Å²) < 4.78 is 11.4. The Morgan fingerprint density at radius 2 is 1.96 bits per heavy atom. The summed E-state index contributed by atoms with van der Waals surface area (Å²) in [5.41, 5.74) is 1.14. The predicted octanol–water partition coefficient (Wildman–Crippen LogP) is 4.92. The van der Waals surface area contributed by atoms with E-state index in [-0.39, 0.29) is 24.1 Å². The van der Waals surface area contributed by atoms with Crippen LogP contribution >= 0.6 is 0 Å². The molecular weight excluding hydrogens is 288 g/mol. The van der Waals surface area contributed by atoms with Gasteiger partial charge in [-0.1, -0.05) is 45.9 Å². The number of allylic oxidation sites excluding steroid dienone is 2. The van der Waals surface area contributed by atoms with Crippen LogP contribution in [0, 0.1) is 17.8 Å². The fourth-order valence-electron chi connectivity index (χ4n) is 3.15. The van der Waals surface area contributed by atoms with Gasteiger partial charge in [0.25, 0.3) is 0 Å². The second kappa shape index (κ2) is 9.92. The number of carbonyl (C=O) groups excluding carboxylic acids is 1. The number of rotatable bonds is 2. The summed E-state index contributed by atoms with van der Waals surface area (Å²) in [5.74, 6) is 0.932. The Balaban J connectivity index is 3.02. The second-order valence-electron chi connectivity index (χ2n) is 7.16. The van der Waals surface area contributed by atoms with Crippen molar-refractivity contribution in [1.82, 2.24) is 0 Å². The Morgan fingerprint density at radius 1 is 1.26 bits per heavy atom. The van der Waals surface area contributed by atoms with E-state index < -0.39 is 0 Å². The smallest absolute Gasteiger partial charge is 0.306 e. The summed E-state index contributed by atoms with van der Waals surface area (Å²) in [6, 6.07) is 0. The third-order valence-corrected chi connectivity index (χ3v) is 4.79. The van der Waals surface area contributed by atoms with Crippen molar-refractivity contribution in [2.75, 3.05) is 7.11 Å². The van der Waals surface area contributed by atoms with Crippen molar-refractivity contribution in [2.45, 2.75) is 72.5 Å². The van der Waals surface area contributed by atoms with Gasteiger partial charge in [-0.2, -0.15) is 0 Å². The number of hydrogen-bond acceptors (Lipinski definition) is 3. The number of esters is 1. The van der Waals surface area contributed by atoms with Gasteiger partial charge in [-0.15, -0.1) is 0 Å². The quantitative estimate of drug-likeness (QED) is 0.535. The van der Waals surface area contributed by atoms with E-state index in [1.807, 2.05) is 0 Å². The molecule has 0 amide bonds. The number of carbonyl (C=O) groups is 1. The van der Waals surface area contributed by atoms with E-state index in [2.05, 4.69) is 52.8 Å². The van der Waals surface area contributed by atoms with E-state index in [1.165, 1.54) is 0 Å². The van der Waals surface area contributed by atoms with Gasteiger partial charge in [0.1, 0.15) is 6.10 Å². The molecule has 0 aromatic carbocycles. The molecule has 0 saturated heterocycles. The lowest BCUT2D eigenvalue weighted by atomic mass is 9.86. The molecule has 0 saturated carbocycles.